The molecule has 0 amide bonds. The zero-order valence-electron chi connectivity index (χ0n) is 8.56. The van der Waals surface area contributed by atoms with Crippen molar-refractivity contribution in [3.05, 3.63) is 38.2 Å². The topological polar surface area (TPSA) is 29.5 Å². The summed E-state index contributed by atoms with van der Waals surface area (Å²) in [6.45, 7) is 2.01. The fourth-order valence-corrected chi connectivity index (χ4v) is 3.31. The van der Waals surface area contributed by atoms with Crippen LogP contribution < -0.4 is 4.74 Å². The number of rotatable bonds is 3. The highest BCUT2D eigenvalue weighted by atomic mass is 32.1. The first-order chi connectivity index (χ1) is 7.24. The molecule has 4 heteroatoms. The molecule has 0 aliphatic rings. The van der Waals surface area contributed by atoms with Crippen LogP contribution in [-0.2, 0) is 0 Å². The third-order valence-corrected chi connectivity index (χ3v) is 4.30. The number of aryl methyl sites for hydroxylation is 1. The van der Waals surface area contributed by atoms with E-state index in [0.29, 0.717) is 0 Å². The fourth-order valence-electron chi connectivity index (χ4n) is 1.46. The molecule has 0 aromatic carbocycles. The summed E-state index contributed by atoms with van der Waals surface area (Å²) in [6.07, 6.45) is -0.556. The lowest BCUT2D eigenvalue weighted by Crippen LogP contribution is -1.98. The Kier molecular flexibility index (Phi) is 3.09. The highest BCUT2D eigenvalue weighted by Crippen LogP contribution is 2.37. The van der Waals surface area contributed by atoms with E-state index < -0.39 is 6.10 Å². The number of aliphatic hydroxyl groups is 1. The van der Waals surface area contributed by atoms with Crippen LogP contribution in [0.25, 0.3) is 0 Å². The van der Waals surface area contributed by atoms with Gasteiger partial charge in [-0.2, -0.15) is 0 Å². The lowest BCUT2D eigenvalue weighted by atomic mass is 10.2. The standard InChI is InChI=1S/C11H12O2S2/c1-7-3-5-14-10(7)9(12)11-8(13-2)4-6-15-11/h3-6,9,12H,1-2H3. The van der Waals surface area contributed by atoms with Crippen molar-refractivity contribution in [1.29, 1.82) is 0 Å². The quantitative estimate of drug-likeness (QED) is 0.892. The van der Waals surface area contributed by atoms with E-state index in [2.05, 4.69) is 0 Å². The van der Waals surface area contributed by atoms with Gasteiger partial charge in [0.05, 0.1) is 12.0 Å². The molecular weight excluding hydrogens is 228 g/mol. The molecule has 0 aliphatic carbocycles. The lowest BCUT2D eigenvalue weighted by molar-refractivity contribution is 0.222. The predicted molar refractivity (Wildman–Crippen MR) is 64.0 cm³/mol. The van der Waals surface area contributed by atoms with E-state index in [1.807, 2.05) is 29.8 Å². The molecule has 15 heavy (non-hydrogen) atoms. The largest absolute Gasteiger partial charge is 0.495 e. The van der Waals surface area contributed by atoms with E-state index in [4.69, 9.17) is 4.74 Å². The fraction of sp³-hybridized carbons (Fsp3) is 0.273. The number of ether oxygens (including phenoxy) is 1. The molecule has 0 saturated carbocycles. The normalized spacial score (nSPS) is 12.7. The average Bonchev–Trinajstić information content (AvgIpc) is 2.84. The Morgan fingerprint density at radius 2 is 1.87 bits per heavy atom. The number of thiophene rings is 2. The lowest BCUT2D eigenvalue weighted by Gasteiger charge is -2.10. The zero-order valence-corrected chi connectivity index (χ0v) is 10.2. The second-order valence-corrected chi connectivity index (χ2v) is 5.12. The summed E-state index contributed by atoms with van der Waals surface area (Å²) < 4.78 is 5.20. The Morgan fingerprint density at radius 1 is 1.20 bits per heavy atom. The maximum atomic E-state index is 10.2. The van der Waals surface area contributed by atoms with Crippen molar-refractivity contribution < 1.29 is 9.84 Å². The summed E-state index contributed by atoms with van der Waals surface area (Å²) in [5, 5.41) is 14.1. The van der Waals surface area contributed by atoms with Gasteiger partial charge < -0.3 is 9.84 Å². The second-order valence-electron chi connectivity index (χ2n) is 3.22. The number of aliphatic hydroxyl groups excluding tert-OH is 1. The van der Waals surface area contributed by atoms with Gasteiger partial charge in [-0.05, 0) is 35.4 Å². The number of hydrogen-bond acceptors (Lipinski definition) is 4. The van der Waals surface area contributed by atoms with Gasteiger partial charge in [0.1, 0.15) is 11.9 Å². The van der Waals surface area contributed by atoms with E-state index >= 15 is 0 Å². The molecular formula is C11H12O2S2. The molecule has 1 atom stereocenters. The van der Waals surface area contributed by atoms with Crippen molar-refractivity contribution in [1.82, 2.24) is 0 Å². The summed E-state index contributed by atoms with van der Waals surface area (Å²) in [5.41, 5.74) is 1.13. The minimum atomic E-state index is -0.556. The highest BCUT2D eigenvalue weighted by Gasteiger charge is 2.19. The van der Waals surface area contributed by atoms with Gasteiger partial charge in [0.15, 0.2) is 0 Å². The van der Waals surface area contributed by atoms with Gasteiger partial charge in [0.25, 0.3) is 0 Å². The molecule has 0 radical (unpaired) electrons. The molecule has 2 rings (SSSR count). The first-order valence-electron chi connectivity index (χ1n) is 4.57. The van der Waals surface area contributed by atoms with Crippen LogP contribution in [0.5, 0.6) is 5.75 Å². The van der Waals surface area contributed by atoms with Crippen LogP contribution in [0.1, 0.15) is 21.4 Å². The highest BCUT2D eigenvalue weighted by molar-refractivity contribution is 7.11. The van der Waals surface area contributed by atoms with E-state index in [0.717, 1.165) is 21.1 Å². The third-order valence-electron chi connectivity index (χ3n) is 2.28. The van der Waals surface area contributed by atoms with Crippen LogP contribution in [-0.4, -0.2) is 12.2 Å². The summed E-state index contributed by atoms with van der Waals surface area (Å²) in [4.78, 5) is 1.87. The van der Waals surface area contributed by atoms with Gasteiger partial charge in [0, 0.05) is 4.88 Å². The van der Waals surface area contributed by atoms with Crippen LogP contribution in [0.2, 0.25) is 0 Å². The first kappa shape index (κ1) is 10.7. The molecule has 1 N–H and O–H groups in total. The smallest absolute Gasteiger partial charge is 0.135 e. The molecule has 0 fully saturated rings. The van der Waals surface area contributed by atoms with Crippen molar-refractivity contribution in [2.24, 2.45) is 0 Å². The molecule has 2 aromatic rings. The third kappa shape index (κ3) is 1.93. The molecule has 1 unspecified atom stereocenters. The Balaban J connectivity index is 2.36. The maximum Gasteiger partial charge on any atom is 0.135 e. The summed E-state index contributed by atoms with van der Waals surface area (Å²) in [7, 11) is 1.62. The van der Waals surface area contributed by atoms with Gasteiger partial charge in [-0.1, -0.05) is 0 Å². The monoisotopic (exact) mass is 240 g/mol. The maximum absolute atomic E-state index is 10.2. The van der Waals surface area contributed by atoms with Crippen molar-refractivity contribution in [2.75, 3.05) is 7.11 Å². The van der Waals surface area contributed by atoms with Crippen LogP contribution in [0.15, 0.2) is 22.9 Å². The Labute approximate surface area is 96.8 Å². The Hall–Kier alpha value is -0.840. The van der Waals surface area contributed by atoms with E-state index in [1.54, 1.807) is 18.4 Å². The average molecular weight is 240 g/mol. The zero-order chi connectivity index (χ0) is 10.8. The summed E-state index contributed by atoms with van der Waals surface area (Å²) >= 11 is 3.10. The molecule has 2 nitrogen and oxygen atoms in total. The van der Waals surface area contributed by atoms with Crippen molar-refractivity contribution in [3.63, 3.8) is 0 Å². The number of hydrogen-bond donors (Lipinski definition) is 1. The van der Waals surface area contributed by atoms with Gasteiger partial charge in [-0.3, -0.25) is 0 Å². The van der Waals surface area contributed by atoms with Crippen molar-refractivity contribution in [3.8, 4) is 5.75 Å². The van der Waals surface area contributed by atoms with Crippen LogP contribution >= 0.6 is 22.7 Å². The summed E-state index contributed by atoms with van der Waals surface area (Å²) in [6, 6.07) is 3.90. The van der Waals surface area contributed by atoms with Crippen LogP contribution in [0, 0.1) is 6.92 Å². The van der Waals surface area contributed by atoms with Crippen LogP contribution in [0.3, 0.4) is 0 Å². The van der Waals surface area contributed by atoms with Crippen molar-refractivity contribution in [2.45, 2.75) is 13.0 Å². The van der Waals surface area contributed by atoms with E-state index in [-0.39, 0.29) is 0 Å². The first-order valence-corrected chi connectivity index (χ1v) is 6.33. The van der Waals surface area contributed by atoms with Crippen LogP contribution in [0.4, 0.5) is 0 Å². The minimum absolute atomic E-state index is 0.556. The molecule has 2 aromatic heterocycles. The SMILES string of the molecule is COc1ccsc1C(O)c1sccc1C. The molecule has 2 heterocycles. The second kappa shape index (κ2) is 4.35. The molecule has 80 valence electrons. The Bertz CT molecular complexity index is 445. The molecule has 0 aliphatic heterocycles. The van der Waals surface area contributed by atoms with Gasteiger partial charge in [-0.25, -0.2) is 0 Å². The van der Waals surface area contributed by atoms with Crippen molar-refractivity contribution >= 4 is 22.7 Å². The summed E-state index contributed by atoms with van der Waals surface area (Å²) in [5.74, 6) is 0.764. The molecule has 0 spiro atoms. The number of methoxy groups -OCH3 is 1. The van der Waals surface area contributed by atoms with Gasteiger partial charge in [0.2, 0.25) is 0 Å². The van der Waals surface area contributed by atoms with E-state index in [1.165, 1.54) is 11.3 Å². The van der Waals surface area contributed by atoms with E-state index in [9.17, 15) is 5.11 Å². The molecule has 0 bridgehead atoms. The molecule has 0 saturated heterocycles. The minimum Gasteiger partial charge on any atom is -0.495 e. The Morgan fingerprint density at radius 3 is 2.47 bits per heavy atom. The van der Waals surface area contributed by atoms with Gasteiger partial charge >= 0.3 is 0 Å². The predicted octanol–water partition coefficient (Wildman–Crippen LogP) is 3.21. The van der Waals surface area contributed by atoms with Gasteiger partial charge in [-0.15, -0.1) is 22.7 Å².